The molecule has 7 heteroatoms. The topological polar surface area (TPSA) is 92.2 Å². The highest BCUT2D eigenvalue weighted by Gasteiger charge is 2.28. The summed E-state index contributed by atoms with van der Waals surface area (Å²) in [4.78, 5) is 5.49. The summed E-state index contributed by atoms with van der Waals surface area (Å²) in [5, 5.41) is 0. The first kappa shape index (κ1) is 14.7. The zero-order chi connectivity index (χ0) is 13.9. The maximum absolute atomic E-state index is 8.49. The van der Waals surface area contributed by atoms with Crippen LogP contribution in [0.5, 0.6) is 0 Å². The lowest BCUT2D eigenvalue weighted by molar-refractivity contribution is -2.00. The Hall–Kier alpha value is -0.730. The van der Waals surface area contributed by atoms with E-state index in [1.165, 1.54) is 19.6 Å². The molecule has 0 aliphatic carbocycles. The first-order chi connectivity index (χ1) is 8.93. The Bertz CT molecular complexity index is 478. The van der Waals surface area contributed by atoms with Gasteiger partial charge >= 0.3 is 0 Å². The summed E-state index contributed by atoms with van der Waals surface area (Å²) in [6.07, 6.45) is 0. The molecule has 0 bridgehead atoms. The summed E-state index contributed by atoms with van der Waals surface area (Å²) < 4.78 is 34.0. The summed E-state index contributed by atoms with van der Waals surface area (Å²) in [6.45, 7) is 0. The third-order valence-corrected chi connectivity index (χ3v) is 4.70. The van der Waals surface area contributed by atoms with E-state index >= 15 is 0 Å². The van der Waals surface area contributed by atoms with Crippen molar-refractivity contribution < 1.29 is 28.9 Å². The molecule has 99 valence electrons. The fourth-order valence-corrected chi connectivity index (χ4v) is 3.71. The van der Waals surface area contributed by atoms with Gasteiger partial charge in [-0.3, -0.25) is 0 Å². The maximum Gasteiger partial charge on any atom is 0.287 e. The average Bonchev–Trinajstić information content (AvgIpc) is 2.34. The van der Waals surface area contributed by atoms with Gasteiger partial charge in [-0.1, -0.05) is 36.0 Å². The highest BCUT2D eigenvalue weighted by Crippen LogP contribution is 2.40. The Morgan fingerprint density at radius 1 is 0.737 bits per heavy atom. The molecule has 0 spiro atoms. The summed E-state index contributed by atoms with van der Waals surface area (Å²) in [6, 6.07) is 17.1. The zero-order valence-electron chi connectivity index (χ0n) is 9.45. The van der Waals surface area contributed by atoms with Crippen LogP contribution in [0.25, 0.3) is 0 Å². The van der Waals surface area contributed by atoms with Crippen LogP contribution in [0.2, 0.25) is 0 Å². The van der Waals surface area contributed by atoms with E-state index in [2.05, 4.69) is 48.5 Å². The van der Waals surface area contributed by atoms with Crippen molar-refractivity contribution in [1.29, 1.82) is 0 Å². The number of rotatable bonds is 0. The summed E-state index contributed by atoms with van der Waals surface area (Å²) in [5.74, 6) is 0. The van der Waals surface area contributed by atoms with Crippen molar-refractivity contribution in [3.8, 4) is 0 Å². The Kier molecular flexibility index (Phi) is 4.75. The molecule has 2 aromatic carbocycles. The maximum atomic E-state index is 8.49. The number of hydrogen-bond donors (Lipinski definition) is 0. The molecule has 0 amide bonds. The second kappa shape index (κ2) is 6.15. The largest absolute Gasteiger partial charge is 0.287 e. The third-order valence-electron chi connectivity index (χ3n) is 2.14. The van der Waals surface area contributed by atoms with Gasteiger partial charge in [0.2, 0.25) is 9.79 Å². The minimum absolute atomic E-state index is 1.37. The Labute approximate surface area is 120 Å². The Morgan fingerprint density at radius 2 is 1.11 bits per heavy atom. The minimum atomic E-state index is -4.94. The van der Waals surface area contributed by atoms with E-state index in [1.807, 2.05) is 23.5 Å². The molecule has 0 atom stereocenters. The van der Waals surface area contributed by atoms with Crippen molar-refractivity contribution >= 4 is 23.5 Å². The van der Waals surface area contributed by atoms with E-state index < -0.39 is 10.2 Å². The highest BCUT2D eigenvalue weighted by molar-refractivity contribution is 8.00. The van der Waals surface area contributed by atoms with Crippen LogP contribution in [-0.4, -0.2) is 0 Å². The van der Waals surface area contributed by atoms with Crippen molar-refractivity contribution in [3.05, 3.63) is 48.5 Å². The van der Waals surface area contributed by atoms with E-state index in [-0.39, 0.29) is 0 Å². The van der Waals surface area contributed by atoms with Gasteiger partial charge in [-0.25, -0.2) is 18.6 Å². The molecule has 4 nitrogen and oxygen atoms in total. The van der Waals surface area contributed by atoms with Crippen LogP contribution in [0.3, 0.4) is 0 Å². The van der Waals surface area contributed by atoms with Crippen LogP contribution in [0.4, 0.5) is 0 Å². The van der Waals surface area contributed by atoms with Crippen molar-refractivity contribution in [2.45, 2.75) is 19.6 Å². The lowest BCUT2D eigenvalue weighted by atomic mass is 10.3. The predicted octanol–water partition coefficient (Wildman–Crippen LogP) is -1.10. The molecule has 0 unspecified atom stereocenters. The van der Waals surface area contributed by atoms with Crippen LogP contribution in [0, 0.1) is 10.2 Å². The molecule has 0 N–H and O–H groups in total. The van der Waals surface area contributed by atoms with Crippen molar-refractivity contribution in [2.24, 2.45) is 0 Å². The van der Waals surface area contributed by atoms with Gasteiger partial charge in [-0.05, 0) is 24.3 Å². The molecule has 1 aliphatic rings. The Balaban J connectivity index is 0.000000232. The van der Waals surface area contributed by atoms with Gasteiger partial charge in [0.15, 0.2) is 0 Å². The van der Waals surface area contributed by atoms with Gasteiger partial charge in [0.1, 0.15) is 0 Å². The van der Waals surface area contributed by atoms with E-state index in [1.54, 1.807) is 0 Å². The lowest BCUT2D eigenvalue weighted by Gasteiger charge is -2.17. The van der Waals surface area contributed by atoms with Crippen LogP contribution in [-0.2, 0) is 11.8 Å². The molecule has 0 saturated carbocycles. The highest BCUT2D eigenvalue weighted by atomic mass is 35.7. The minimum Gasteiger partial charge on any atom is -0.222 e. The summed E-state index contributed by atoms with van der Waals surface area (Å²) >= 11 is 3.72. The van der Waals surface area contributed by atoms with Gasteiger partial charge in [0, 0.05) is 0 Å². The lowest BCUT2D eigenvalue weighted by Crippen LogP contribution is -2.68. The van der Waals surface area contributed by atoms with E-state index in [0.29, 0.717) is 0 Å². The zero-order valence-corrected chi connectivity index (χ0v) is 11.8. The van der Waals surface area contributed by atoms with Gasteiger partial charge in [-0.2, -0.15) is 0 Å². The smallest absolute Gasteiger partial charge is 0.222 e. The van der Waals surface area contributed by atoms with Crippen LogP contribution in [0.15, 0.2) is 68.1 Å². The van der Waals surface area contributed by atoms with Crippen LogP contribution < -0.4 is 18.6 Å². The first-order valence-electron chi connectivity index (χ1n) is 5.09. The molecule has 0 fully saturated rings. The van der Waals surface area contributed by atoms with Gasteiger partial charge in [-0.15, -0.1) is 10.2 Å². The average molecular weight is 316 g/mol. The van der Waals surface area contributed by atoms with Crippen molar-refractivity contribution in [1.82, 2.24) is 0 Å². The van der Waals surface area contributed by atoms with Crippen molar-refractivity contribution in [3.63, 3.8) is 0 Å². The van der Waals surface area contributed by atoms with Gasteiger partial charge < -0.3 is 0 Å². The first-order valence-corrected chi connectivity index (χ1v) is 7.96. The summed E-state index contributed by atoms with van der Waals surface area (Å²) in [7, 11) is -4.94. The SMILES string of the molecule is [O-][Cl+3]([O-])([O-])[O-].c1ccc2c(c1)Sc1ccccc1[S+]2. The van der Waals surface area contributed by atoms with Gasteiger partial charge in [0.25, 0.3) is 11.8 Å². The normalized spacial score (nSPS) is 12.8. The molecular formula is C12H8ClO4S2. The number of fused-ring (bicyclic) bond motifs is 2. The fraction of sp³-hybridized carbons (Fsp3) is 0. The number of hydrogen-bond acceptors (Lipinski definition) is 6. The standard InChI is InChI=1S/C12H8S2.ClHO4/c1-2-6-10-9(5-1)13-11-7-3-4-8-12(11)14-10;2-1(3,4)5/h1-8H;(H,2,3,4,5)/q+1;/p-1. The third kappa shape index (κ3) is 4.70. The van der Waals surface area contributed by atoms with E-state index in [0.717, 1.165) is 0 Å². The predicted molar refractivity (Wildman–Crippen MR) is 60.9 cm³/mol. The van der Waals surface area contributed by atoms with E-state index in [9.17, 15) is 0 Å². The molecule has 0 aromatic heterocycles. The molecule has 19 heavy (non-hydrogen) atoms. The van der Waals surface area contributed by atoms with Crippen LogP contribution in [0.1, 0.15) is 0 Å². The molecule has 1 radical (unpaired) electrons. The van der Waals surface area contributed by atoms with Gasteiger partial charge in [0.05, 0.1) is 9.79 Å². The summed E-state index contributed by atoms with van der Waals surface area (Å²) in [5.41, 5.74) is 0. The molecule has 3 rings (SSSR count). The molecular weight excluding hydrogens is 308 g/mol. The monoisotopic (exact) mass is 315 g/mol. The molecule has 1 heterocycles. The van der Waals surface area contributed by atoms with E-state index in [4.69, 9.17) is 18.6 Å². The van der Waals surface area contributed by atoms with Crippen LogP contribution >= 0.6 is 11.8 Å². The fourth-order valence-electron chi connectivity index (χ4n) is 1.47. The number of benzene rings is 2. The quantitative estimate of drug-likeness (QED) is 0.489. The molecule has 2 aromatic rings. The number of halogens is 1. The second-order valence-corrected chi connectivity index (χ2v) is 6.40. The van der Waals surface area contributed by atoms with Crippen molar-refractivity contribution in [2.75, 3.05) is 0 Å². The Morgan fingerprint density at radius 3 is 1.53 bits per heavy atom. The molecule has 1 aliphatic heterocycles. The second-order valence-electron chi connectivity index (χ2n) is 3.48. The molecule has 0 saturated heterocycles.